The summed E-state index contributed by atoms with van der Waals surface area (Å²) >= 11 is 0. The molecule has 0 bridgehead atoms. The Bertz CT molecular complexity index is 91.2. The monoisotopic (exact) mass is 206 g/mol. The molecule has 0 spiro atoms. The van der Waals surface area contributed by atoms with E-state index >= 15 is 0 Å². The first-order valence-corrected chi connectivity index (χ1v) is 5.50. The molecule has 0 aromatic carbocycles. The molecule has 0 saturated carbocycles. The second-order valence-corrected chi connectivity index (χ2v) is 3.54. The van der Waals surface area contributed by atoms with E-state index in [1.165, 1.54) is 19.8 Å². The van der Waals surface area contributed by atoms with Crippen molar-refractivity contribution in [3.8, 4) is 0 Å². The molecule has 0 aromatic heterocycles. The van der Waals surface area contributed by atoms with E-state index in [2.05, 4.69) is 13.8 Å². The van der Waals surface area contributed by atoms with E-state index in [0.29, 0.717) is 6.42 Å². The molecule has 2 N–H and O–H groups in total. The molecule has 0 fully saturated rings. The van der Waals surface area contributed by atoms with Crippen molar-refractivity contribution >= 4 is 0 Å². The molecule has 14 heavy (non-hydrogen) atoms. The van der Waals surface area contributed by atoms with Gasteiger partial charge in [-0.1, -0.05) is 27.2 Å². The summed E-state index contributed by atoms with van der Waals surface area (Å²) in [6.45, 7) is 9.25. The van der Waals surface area contributed by atoms with Crippen LogP contribution in [0.5, 0.6) is 0 Å². The van der Waals surface area contributed by atoms with E-state index in [9.17, 15) is 0 Å². The summed E-state index contributed by atoms with van der Waals surface area (Å²) in [6.07, 6.45) is 3.97. The van der Waals surface area contributed by atoms with E-state index in [4.69, 9.17) is 14.9 Å². The van der Waals surface area contributed by atoms with Gasteiger partial charge in [-0.25, -0.2) is 0 Å². The topological polar surface area (TPSA) is 49.7 Å². The van der Waals surface area contributed by atoms with Gasteiger partial charge in [-0.05, 0) is 26.2 Å². The van der Waals surface area contributed by atoms with Crippen LogP contribution >= 0.6 is 0 Å². The van der Waals surface area contributed by atoms with E-state index in [-0.39, 0.29) is 0 Å². The molecule has 0 aliphatic rings. The van der Waals surface area contributed by atoms with Gasteiger partial charge >= 0.3 is 0 Å². The van der Waals surface area contributed by atoms with Crippen molar-refractivity contribution in [2.24, 2.45) is 0 Å². The molecule has 0 amide bonds. The van der Waals surface area contributed by atoms with Gasteiger partial charge in [0.1, 0.15) is 0 Å². The molecular weight excluding hydrogens is 180 g/mol. The third-order valence-electron chi connectivity index (χ3n) is 1.66. The SMILES string of the molecule is CCC(C)(O)O.CCCCOCCC. The van der Waals surface area contributed by atoms with Gasteiger partial charge < -0.3 is 14.9 Å². The number of hydrogen-bond acceptors (Lipinski definition) is 3. The molecule has 0 rings (SSSR count). The maximum atomic E-state index is 8.38. The lowest BCUT2D eigenvalue weighted by Crippen LogP contribution is -2.20. The van der Waals surface area contributed by atoms with Crippen molar-refractivity contribution in [1.29, 1.82) is 0 Å². The van der Waals surface area contributed by atoms with E-state index < -0.39 is 5.79 Å². The Morgan fingerprint density at radius 1 is 1.00 bits per heavy atom. The van der Waals surface area contributed by atoms with Crippen LogP contribution in [0.15, 0.2) is 0 Å². The van der Waals surface area contributed by atoms with Gasteiger partial charge in [-0.3, -0.25) is 0 Å². The zero-order chi connectivity index (χ0) is 11.4. The van der Waals surface area contributed by atoms with Crippen molar-refractivity contribution in [2.75, 3.05) is 13.2 Å². The minimum absolute atomic E-state index is 0.382. The second kappa shape index (κ2) is 11.0. The molecule has 0 unspecified atom stereocenters. The minimum Gasteiger partial charge on any atom is -0.381 e. The molecule has 0 radical (unpaired) electrons. The molecule has 0 aliphatic heterocycles. The Labute approximate surface area is 88.1 Å². The molecule has 3 heteroatoms. The molecular formula is C11H26O3. The van der Waals surface area contributed by atoms with Crippen LogP contribution in [0, 0.1) is 0 Å². The van der Waals surface area contributed by atoms with Crippen LogP contribution in [0.1, 0.15) is 53.4 Å². The summed E-state index contributed by atoms with van der Waals surface area (Å²) in [4.78, 5) is 0. The molecule has 0 atom stereocenters. The van der Waals surface area contributed by atoms with Crippen molar-refractivity contribution in [3.63, 3.8) is 0 Å². The standard InChI is InChI=1S/C7H16O.C4H10O2/c1-3-5-7-8-6-4-2;1-3-4(2,5)6/h3-7H2,1-2H3;5-6H,3H2,1-2H3. The van der Waals surface area contributed by atoms with E-state index in [1.54, 1.807) is 6.92 Å². The van der Waals surface area contributed by atoms with E-state index in [0.717, 1.165) is 19.6 Å². The zero-order valence-corrected chi connectivity index (χ0v) is 10.0. The van der Waals surface area contributed by atoms with Crippen LogP contribution in [0.2, 0.25) is 0 Å². The Balaban J connectivity index is 0. The van der Waals surface area contributed by atoms with Crippen molar-refractivity contribution in [1.82, 2.24) is 0 Å². The van der Waals surface area contributed by atoms with Crippen LogP contribution in [0.3, 0.4) is 0 Å². The van der Waals surface area contributed by atoms with Crippen molar-refractivity contribution in [2.45, 2.75) is 59.2 Å². The first-order valence-electron chi connectivity index (χ1n) is 5.50. The molecule has 0 aromatic rings. The third kappa shape index (κ3) is 22.6. The minimum atomic E-state index is -1.46. The zero-order valence-electron chi connectivity index (χ0n) is 10.0. The lowest BCUT2D eigenvalue weighted by Gasteiger charge is -2.10. The van der Waals surface area contributed by atoms with Crippen LogP contribution < -0.4 is 0 Å². The lowest BCUT2D eigenvalue weighted by atomic mass is 10.3. The van der Waals surface area contributed by atoms with Crippen LogP contribution in [-0.2, 0) is 4.74 Å². The summed E-state index contributed by atoms with van der Waals surface area (Å²) in [5.74, 6) is -1.46. The van der Waals surface area contributed by atoms with Crippen molar-refractivity contribution in [3.05, 3.63) is 0 Å². The van der Waals surface area contributed by atoms with Gasteiger partial charge in [0.2, 0.25) is 0 Å². The number of unbranched alkanes of at least 4 members (excludes halogenated alkanes) is 1. The normalized spacial score (nSPS) is 10.7. The van der Waals surface area contributed by atoms with Crippen LogP contribution in [0.25, 0.3) is 0 Å². The molecule has 0 aliphatic carbocycles. The number of rotatable bonds is 6. The molecule has 88 valence electrons. The number of ether oxygens (including phenoxy) is 1. The van der Waals surface area contributed by atoms with Gasteiger partial charge in [-0.2, -0.15) is 0 Å². The first kappa shape index (κ1) is 16.3. The average molecular weight is 206 g/mol. The predicted molar refractivity (Wildman–Crippen MR) is 59.2 cm³/mol. The summed E-state index contributed by atoms with van der Waals surface area (Å²) in [5.41, 5.74) is 0. The molecule has 0 heterocycles. The highest BCUT2D eigenvalue weighted by Crippen LogP contribution is 1.99. The van der Waals surface area contributed by atoms with Gasteiger partial charge in [0.25, 0.3) is 0 Å². The van der Waals surface area contributed by atoms with Gasteiger partial charge in [0, 0.05) is 13.2 Å². The Hall–Kier alpha value is -0.120. The summed E-state index contributed by atoms with van der Waals surface area (Å²) < 4.78 is 5.22. The molecule has 0 saturated heterocycles. The Kier molecular flexibility index (Phi) is 12.8. The Morgan fingerprint density at radius 3 is 1.79 bits per heavy atom. The highest BCUT2D eigenvalue weighted by atomic mass is 16.5. The van der Waals surface area contributed by atoms with E-state index in [1.807, 2.05) is 0 Å². The second-order valence-electron chi connectivity index (χ2n) is 3.54. The van der Waals surface area contributed by atoms with Crippen LogP contribution in [0.4, 0.5) is 0 Å². The van der Waals surface area contributed by atoms with Crippen molar-refractivity contribution < 1.29 is 14.9 Å². The summed E-state index contributed by atoms with van der Waals surface area (Å²) in [5, 5.41) is 16.8. The van der Waals surface area contributed by atoms with Gasteiger partial charge in [-0.15, -0.1) is 0 Å². The summed E-state index contributed by atoms with van der Waals surface area (Å²) in [7, 11) is 0. The first-order chi connectivity index (χ1) is 6.47. The van der Waals surface area contributed by atoms with Gasteiger partial charge in [0.05, 0.1) is 0 Å². The predicted octanol–water partition coefficient (Wildman–Crippen LogP) is 2.31. The highest BCUT2D eigenvalue weighted by Gasteiger charge is 2.08. The number of hydrogen-bond donors (Lipinski definition) is 2. The third-order valence-corrected chi connectivity index (χ3v) is 1.66. The smallest absolute Gasteiger partial charge is 0.159 e. The Morgan fingerprint density at radius 2 is 1.50 bits per heavy atom. The fraction of sp³-hybridized carbons (Fsp3) is 1.00. The largest absolute Gasteiger partial charge is 0.381 e. The number of aliphatic hydroxyl groups is 2. The fourth-order valence-electron chi connectivity index (χ4n) is 0.493. The molecule has 3 nitrogen and oxygen atoms in total. The maximum Gasteiger partial charge on any atom is 0.159 e. The van der Waals surface area contributed by atoms with Gasteiger partial charge in [0.15, 0.2) is 5.79 Å². The fourth-order valence-corrected chi connectivity index (χ4v) is 0.493. The lowest BCUT2D eigenvalue weighted by molar-refractivity contribution is -0.145. The maximum absolute atomic E-state index is 8.38. The average Bonchev–Trinajstić information content (AvgIpc) is 2.13. The highest BCUT2D eigenvalue weighted by molar-refractivity contribution is 4.47. The van der Waals surface area contributed by atoms with Crippen LogP contribution in [-0.4, -0.2) is 29.2 Å². The quantitative estimate of drug-likeness (QED) is 0.518. The summed E-state index contributed by atoms with van der Waals surface area (Å²) in [6, 6.07) is 0.